The maximum Gasteiger partial charge on any atom is 0.164 e. The second kappa shape index (κ2) is 13.6. The Bertz CT molecular complexity index is 3940. The van der Waals surface area contributed by atoms with Crippen LogP contribution in [0, 0.1) is 0 Å². The van der Waals surface area contributed by atoms with Crippen molar-refractivity contribution in [1.29, 1.82) is 0 Å². The molecule has 0 fully saturated rings. The summed E-state index contributed by atoms with van der Waals surface area (Å²) in [5, 5.41) is 11.2. The quantitative estimate of drug-likeness (QED) is 0.174. The number of benzene rings is 10. The molecule has 13 aromatic rings. The van der Waals surface area contributed by atoms with E-state index >= 15 is 0 Å². The first-order chi connectivity index (χ1) is 30.7. The fourth-order valence-corrected chi connectivity index (χ4v) is 9.36. The molecule has 0 unspecified atom stereocenters. The molecule has 0 aliphatic rings. The monoisotopic (exact) mass is 791 g/mol. The average molecular weight is 792 g/mol. The van der Waals surface area contributed by atoms with Gasteiger partial charge in [0.1, 0.15) is 22.3 Å². The normalized spacial score (nSPS) is 11.9. The maximum atomic E-state index is 6.31. The highest BCUT2D eigenvalue weighted by atomic mass is 16.3. The molecule has 10 aromatic carbocycles. The predicted octanol–water partition coefficient (Wildman–Crippen LogP) is 15.5. The lowest BCUT2D eigenvalue weighted by molar-refractivity contribution is 0.668. The molecule has 0 amide bonds. The minimum Gasteiger partial charge on any atom is -0.456 e. The first kappa shape index (κ1) is 34.5. The molecule has 0 aliphatic carbocycles. The van der Waals surface area contributed by atoms with E-state index in [-0.39, 0.29) is 0 Å². The summed E-state index contributed by atoms with van der Waals surface area (Å²) in [5.74, 6) is 1.81. The summed E-state index contributed by atoms with van der Waals surface area (Å²) < 4.78 is 12.5. The summed E-state index contributed by atoms with van der Waals surface area (Å²) in [5.41, 5.74) is 10.8. The van der Waals surface area contributed by atoms with Crippen LogP contribution in [0.2, 0.25) is 0 Å². The fraction of sp³-hybridized carbons (Fsp3) is 0. The molecule has 3 heterocycles. The van der Waals surface area contributed by atoms with Crippen LogP contribution in [0.5, 0.6) is 0 Å². The van der Waals surface area contributed by atoms with Crippen molar-refractivity contribution >= 4 is 76.2 Å². The van der Waals surface area contributed by atoms with E-state index in [1.165, 1.54) is 10.8 Å². The number of fused-ring (bicyclic) bond motifs is 10. The highest BCUT2D eigenvalue weighted by Crippen LogP contribution is 2.42. The second-order valence-electron chi connectivity index (χ2n) is 15.9. The second-order valence-corrected chi connectivity index (χ2v) is 15.9. The molecule has 0 atom stereocenters. The minimum absolute atomic E-state index is 0.602. The Morgan fingerprint density at radius 1 is 0.258 bits per heavy atom. The van der Waals surface area contributed by atoms with Gasteiger partial charge in [0, 0.05) is 38.2 Å². The molecule has 0 bridgehead atoms. The summed E-state index contributed by atoms with van der Waals surface area (Å²) in [6.07, 6.45) is 0. The van der Waals surface area contributed by atoms with Crippen molar-refractivity contribution in [2.24, 2.45) is 0 Å². The molecule has 0 radical (unpaired) electrons. The number of hydrogen-bond acceptors (Lipinski definition) is 5. The van der Waals surface area contributed by atoms with Crippen molar-refractivity contribution in [3.05, 3.63) is 200 Å². The van der Waals surface area contributed by atoms with Crippen molar-refractivity contribution in [1.82, 2.24) is 15.0 Å². The Kier molecular flexibility index (Phi) is 7.54. The molecular formula is C57H33N3O2. The lowest BCUT2D eigenvalue weighted by Gasteiger charge is -2.14. The maximum absolute atomic E-state index is 6.31. The van der Waals surface area contributed by atoms with Crippen LogP contribution in [-0.4, -0.2) is 15.0 Å². The van der Waals surface area contributed by atoms with Crippen molar-refractivity contribution in [2.75, 3.05) is 0 Å². The van der Waals surface area contributed by atoms with Crippen molar-refractivity contribution < 1.29 is 8.83 Å². The molecule has 5 heteroatoms. The van der Waals surface area contributed by atoms with Gasteiger partial charge in [-0.2, -0.15) is 0 Å². The smallest absolute Gasteiger partial charge is 0.164 e. The summed E-state index contributed by atoms with van der Waals surface area (Å²) in [6.45, 7) is 0. The van der Waals surface area contributed by atoms with Gasteiger partial charge in [0.25, 0.3) is 0 Å². The van der Waals surface area contributed by atoms with Crippen LogP contribution in [0.25, 0.3) is 133 Å². The Hall–Kier alpha value is -8.41. The van der Waals surface area contributed by atoms with E-state index in [0.717, 1.165) is 104 Å². The van der Waals surface area contributed by atoms with Crippen molar-refractivity contribution in [2.45, 2.75) is 0 Å². The average Bonchev–Trinajstić information content (AvgIpc) is 3.92. The van der Waals surface area contributed by atoms with E-state index in [0.29, 0.717) is 17.5 Å². The van der Waals surface area contributed by atoms with Gasteiger partial charge in [-0.1, -0.05) is 158 Å². The van der Waals surface area contributed by atoms with Crippen molar-refractivity contribution in [3.63, 3.8) is 0 Å². The van der Waals surface area contributed by atoms with Crippen LogP contribution >= 0.6 is 0 Å². The van der Waals surface area contributed by atoms with Crippen molar-refractivity contribution in [3.8, 4) is 56.4 Å². The summed E-state index contributed by atoms with van der Waals surface area (Å²) in [4.78, 5) is 15.7. The lowest BCUT2D eigenvalue weighted by atomic mass is 9.92. The van der Waals surface area contributed by atoms with Gasteiger partial charge in [0.15, 0.2) is 17.5 Å². The Balaban J connectivity index is 0.988. The highest BCUT2D eigenvalue weighted by molar-refractivity contribution is 6.19. The first-order valence-electron chi connectivity index (χ1n) is 20.8. The Labute approximate surface area is 355 Å². The molecule has 5 nitrogen and oxygen atoms in total. The fourth-order valence-electron chi connectivity index (χ4n) is 9.36. The van der Waals surface area contributed by atoms with Gasteiger partial charge in [0.05, 0.1) is 0 Å². The van der Waals surface area contributed by atoms with Gasteiger partial charge in [-0.3, -0.25) is 0 Å². The zero-order valence-corrected chi connectivity index (χ0v) is 33.2. The van der Waals surface area contributed by atoms with Crippen LogP contribution in [0.3, 0.4) is 0 Å². The van der Waals surface area contributed by atoms with Gasteiger partial charge in [0.2, 0.25) is 0 Å². The molecule has 3 aromatic heterocycles. The van der Waals surface area contributed by atoms with Crippen LogP contribution in [0.1, 0.15) is 0 Å². The van der Waals surface area contributed by atoms with E-state index < -0.39 is 0 Å². The topological polar surface area (TPSA) is 65.0 Å². The molecular weight excluding hydrogens is 759 g/mol. The van der Waals surface area contributed by atoms with Crippen LogP contribution in [0.15, 0.2) is 209 Å². The third-order valence-electron chi connectivity index (χ3n) is 12.3. The summed E-state index contributed by atoms with van der Waals surface area (Å²) in [6, 6.07) is 69.9. The van der Waals surface area contributed by atoms with Gasteiger partial charge in [-0.05, 0) is 97.0 Å². The molecule has 62 heavy (non-hydrogen) atoms. The summed E-state index contributed by atoms with van der Waals surface area (Å²) in [7, 11) is 0. The lowest BCUT2D eigenvalue weighted by Crippen LogP contribution is -2.01. The molecule has 0 aliphatic heterocycles. The van der Waals surface area contributed by atoms with Gasteiger partial charge in [-0.15, -0.1) is 0 Å². The predicted molar refractivity (Wildman–Crippen MR) is 254 cm³/mol. The van der Waals surface area contributed by atoms with Gasteiger partial charge in [-0.25, -0.2) is 15.0 Å². The standard InChI is InChI=1S/C57H33N3O2/c1-2-11-37-32-38(25-22-34(37)10-1)35-20-23-36(24-21-35)55-58-56(40-26-28-41-39(33-40)27-31-52-53(41)47-14-5-7-17-49(47)62-52)60-57(59-55)46-30-29-44(42-12-3-4-13-43(42)46)45-16-9-19-51-54(45)48-15-6-8-18-50(48)61-51/h1-33H. The SMILES string of the molecule is c1ccc2cc(-c3ccc(-c4nc(-c5ccc6c(ccc7oc8ccccc8c76)c5)nc(-c5ccc(-c6cccc7oc8ccccc8c67)c6ccccc56)n4)cc3)ccc2c1. The number of nitrogens with zero attached hydrogens (tertiary/aromatic N) is 3. The zero-order valence-electron chi connectivity index (χ0n) is 33.2. The van der Waals surface area contributed by atoms with Crippen LogP contribution in [-0.2, 0) is 0 Å². The number of hydrogen-bond donors (Lipinski definition) is 0. The molecule has 0 saturated carbocycles. The number of furan rings is 2. The van der Waals surface area contributed by atoms with Gasteiger partial charge < -0.3 is 8.83 Å². The number of aromatic nitrogens is 3. The molecule has 0 N–H and O–H groups in total. The third kappa shape index (κ3) is 5.45. The number of para-hydroxylation sites is 2. The first-order valence-corrected chi connectivity index (χ1v) is 20.8. The molecule has 13 rings (SSSR count). The van der Waals surface area contributed by atoms with E-state index in [2.05, 4.69) is 170 Å². The number of rotatable bonds is 5. The molecule has 0 saturated heterocycles. The van der Waals surface area contributed by atoms with Crippen LogP contribution < -0.4 is 0 Å². The Morgan fingerprint density at radius 3 is 1.58 bits per heavy atom. The Morgan fingerprint density at radius 2 is 0.790 bits per heavy atom. The van der Waals surface area contributed by atoms with E-state index in [9.17, 15) is 0 Å². The van der Waals surface area contributed by atoms with E-state index in [4.69, 9.17) is 23.8 Å². The van der Waals surface area contributed by atoms with Gasteiger partial charge >= 0.3 is 0 Å². The largest absolute Gasteiger partial charge is 0.456 e. The van der Waals surface area contributed by atoms with E-state index in [1.54, 1.807) is 0 Å². The molecule has 288 valence electrons. The summed E-state index contributed by atoms with van der Waals surface area (Å²) >= 11 is 0. The third-order valence-corrected chi connectivity index (χ3v) is 12.3. The zero-order chi connectivity index (χ0) is 40.7. The molecule has 0 spiro atoms. The minimum atomic E-state index is 0.602. The van der Waals surface area contributed by atoms with Crippen LogP contribution in [0.4, 0.5) is 0 Å². The van der Waals surface area contributed by atoms with E-state index in [1.807, 2.05) is 30.3 Å². The highest BCUT2D eigenvalue weighted by Gasteiger charge is 2.20.